The molecule has 3 rings (SSSR count). The van der Waals surface area contributed by atoms with E-state index in [0.29, 0.717) is 16.5 Å². The van der Waals surface area contributed by atoms with Gasteiger partial charge in [-0.2, -0.15) is 0 Å². The Morgan fingerprint density at radius 2 is 1.50 bits per heavy atom. The van der Waals surface area contributed by atoms with Crippen molar-refractivity contribution in [3.8, 4) is 0 Å². The van der Waals surface area contributed by atoms with Crippen molar-refractivity contribution >= 4 is 17.8 Å². The van der Waals surface area contributed by atoms with Crippen LogP contribution in [0, 0.1) is 13.8 Å². The molecular weight excluding hydrogens is 286 g/mol. The second-order valence-corrected chi connectivity index (χ2v) is 4.75. The summed E-state index contributed by atoms with van der Waals surface area (Å²) in [7, 11) is 0. The lowest BCUT2D eigenvalue weighted by atomic mass is 10.1. The first-order chi connectivity index (χ1) is 10.5. The highest BCUT2D eigenvalue weighted by Crippen LogP contribution is 2.23. The Morgan fingerprint density at radius 3 is 2.00 bits per heavy atom. The van der Waals surface area contributed by atoms with E-state index in [2.05, 4.69) is 9.97 Å². The SMILES string of the molecule is Cc1ncnc(C)c1C(=O)ON1C(=O)c2ccccc2C1=O. The molecule has 0 spiro atoms. The van der Waals surface area contributed by atoms with Crippen molar-refractivity contribution in [3.05, 3.63) is 58.7 Å². The van der Waals surface area contributed by atoms with Gasteiger partial charge in [0.25, 0.3) is 11.8 Å². The topological polar surface area (TPSA) is 89.5 Å². The van der Waals surface area contributed by atoms with Gasteiger partial charge in [0.15, 0.2) is 0 Å². The first-order valence-electron chi connectivity index (χ1n) is 6.49. The first-order valence-corrected chi connectivity index (χ1v) is 6.49. The highest BCUT2D eigenvalue weighted by molar-refractivity contribution is 6.21. The summed E-state index contributed by atoms with van der Waals surface area (Å²) in [6, 6.07) is 6.28. The number of nitrogens with zero attached hydrogens (tertiary/aromatic N) is 3. The van der Waals surface area contributed by atoms with Crippen LogP contribution in [0.2, 0.25) is 0 Å². The fourth-order valence-corrected chi connectivity index (χ4v) is 2.27. The number of aromatic nitrogens is 2. The number of benzene rings is 1. The Morgan fingerprint density at radius 1 is 1.00 bits per heavy atom. The summed E-state index contributed by atoms with van der Waals surface area (Å²) < 4.78 is 0. The number of rotatable bonds is 2. The lowest BCUT2D eigenvalue weighted by molar-refractivity contribution is -0.0586. The minimum atomic E-state index is -0.842. The molecule has 0 radical (unpaired) electrons. The molecule has 1 aromatic heterocycles. The molecule has 2 heterocycles. The van der Waals surface area contributed by atoms with E-state index in [0.717, 1.165) is 0 Å². The molecule has 0 N–H and O–H groups in total. The number of hydrogen-bond acceptors (Lipinski definition) is 6. The van der Waals surface area contributed by atoms with Crippen molar-refractivity contribution in [2.24, 2.45) is 0 Å². The third kappa shape index (κ3) is 2.03. The van der Waals surface area contributed by atoms with E-state index in [1.54, 1.807) is 26.0 Å². The third-order valence-corrected chi connectivity index (χ3v) is 3.36. The monoisotopic (exact) mass is 297 g/mol. The maximum Gasteiger partial charge on any atom is 0.367 e. The Hall–Kier alpha value is -3.09. The van der Waals surface area contributed by atoms with Gasteiger partial charge >= 0.3 is 5.97 Å². The van der Waals surface area contributed by atoms with E-state index in [4.69, 9.17) is 4.84 Å². The second-order valence-electron chi connectivity index (χ2n) is 4.75. The van der Waals surface area contributed by atoms with Crippen LogP contribution in [0.4, 0.5) is 0 Å². The number of fused-ring (bicyclic) bond motifs is 1. The molecule has 2 amide bonds. The smallest absolute Gasteiger partial charge is 0.324 e. The van der Waals surface area contributed by atoms with Gasteiger partial charge in [-0.25, -0.2) is 14.8 Å². The van der Waals surface area contributed by atoms with E-state index in [1.807, 2.05) is 0 Å². The molecule has 110 valence electrons. The normalized spacial score (nSPS) is 13.3. The summed E-state index contributed by atoms with van der Waals surface area (Å²) in [5.41, 5.74) is 1.37. The van der Waals surface area contributed by atoms with Crippen LogP contribution < -0.4 is 0 Å². The molecule has 1 aliphatic heterocycles. The summed E-state index contributed by atoms with van der Waals surface area (Å²) in [6.07, 6.45) is 1.32. The molecule has 0 atom stereocenters. The number of aryl methyl sites for hydroxylation is 2. The quantitative estimate of drug-likeness (QED) is 0.780. The Labute approximate surface area is 125 Å². The summed E-state index contributed by atoms with van der Waals surface area (Å²) in [6.45, 7) is 3.24. The minimum Gasteiger partial charge on any atom is -0.324 e. The molecule has 1 aromatic carbocycles. The van der Waals surface area contributed by atoms with Crippen molar-refractivity contribution in [2.75, 3.05) is 0 Å². The van der Waals surface area contributed by atoms with Gasteiger partial charge in [-0.15, -0.1) is 0 Å². The number of amides is 2. The van der Waals surface area contributed by atoms with Crippen LogP contribution in [0.15, 0.2) is 30.6 Å². The average Bonchev–Trinajstić information content (AvgIpc) is 2.73. The highest BCUT2D eigenvalue weighted by Gasteiger charge is 2.39. The van der Waals surface area contributed by atoms with Gasteiger partial charge in [0.2, 0.25) is 0 Å². The standard InChI is InChI=1S/C15H11N3O4/c1-8-12(9(2)17-7-16-8)15(21)22-18-13(19)10-5-3-4-6-11(10)14(18)20/h3-7H,1-2H3. The van der Waals surface area contributed by atoms with Crippen LogP contribution in [0.1, 0.15) is 42.5 Å². The number of hydroxylamine groups is 2. The molecule has 0 bridgehead atoms. The Kier molecular flexibility index (Phi) is 3.17. The van der Waals surface area contributed by atoms with Gasteiger partial charge in [-0.3, -0.25) is 9.59 Å². The lowest BCUT2D eigenvalue weighted by Crippen LogP contribution is -2.33. The van der Waals surface area contributed by atoms with Gasteiger partial charge in [-0.1, -0.05) is 17.2 Å². The average molecular weight is 297 g/mol. The number of carbonyl (C=O) groups is 3. The van der Waals surface area contributed by atoms with E-state index < -0.39 is 17.8 Å². The summed E-state index contributed by atoms with van der Waals surface area (Å²) in [5.74, 6) is -2.17. The van der Waals surface area contributed by atoms with E-state index in [9.17, 15) is 14.4 Å². The lowest BCUT2D eigenvalue weighted by Gasteiger charge is -2.14. The van der Waals surface area contributed by atoms with Crippen molar-refractivity contribution in [3.63, 3.8) is 0 Å². The van der Waals surface area contributed by atoms with Crippen LogP contribution >= 0.6 is 0 Å². The van der Waals surface area contributed by atoms with Gasteiger partial charge in [0, 0.05) is 0 Å². The largest absolute Gasteiger partial charge is 0.367 e. The molecule has 7 heteroatoms. The van der Waals surface area contributed by atoms with E-state index in [-0.39, 0.29) is 16.7 Å². The van der Waals surface area contributed by atoms with Crippen molar-refractivity contribution in [1.29, 1.82) is 0 Å². The van der Waals surface area contributed by atoms with Crippen LogP contribution in [-0.4, -0.2) is 32.8 Å². The number of hydrogen-bond donors (Lipinski definition) is 0. The predicted molar refractivity (Wildman–Crippen MR) is 73.9 cm³/mol. The Balaban J connectivity index is 1.91. The van der Waals surface area contributed by atoms with Crippen LogP contribution in [0.3, 0.4) is 0 Å². The number of imide groups is 1. The first kappa shape index (κ1) is 13.9. The zero-order chi connectivity index (χ0) is 15.9. The molecule has 0 saturated heterocycles. The molecule has 22 heavy (non-hydrogen) atoms. The fraction of sp³-hybridized carbons (Fsp3) is 0.133. The van der Waals surface area contributed by atoms with Crippen LogP contribution in [-0.2, 0) is 4.84 Å². The molecule has 0 saturated carbocycles. The summed E-state index contributed by atoms with van der Waals surface area (Å²) >= 11 is 0. The van der Waals surface area contributed by atoms with Crippen molar-refractivity contribution in [2.45, 2.75) is 13.8 Å². The van der Waals surface area contributed by atoms with Gasteiger partial charge < -0.3 is 4.84 Å². The summed E-state index contributed by atoms with van der Waals surface area (Å²) in [5, 5.41) is 0.471. The Bertz CT molecular complexity index is 761. The van der Waals surface area contributed by atoms with Gasteiger partial charge in [0.05, 0.1) is 22.5 Å². The fourth-order valence-electron chi connectivity index (χ4n) is 2.27. The van der Waals surface area contributed by atoms with Crippen molar-refractivity contribution < 1.29 is 19.2 Å². The number of carbonyl (C=O) groups excluding carboxylic acids is 3. The maximum absolute atomic E-state index is 12.2. The second kappa shape index (κ2) is 5.03. The zero-order valence-electron chi connectivity index (χ0n) is 11.9. The van der Waals surface area contributed by atoms with E-state index in [1.165, 1.54) is 18.5 Å². The highest BCUT2D eigenvalue weighted by atomic mass is 16.7. The summed E-state index contributed by atoms with van der Waals surface area (Å²) in [4.78, 5) is 49.3. The van der Waals surface area contributed by atoms with Crippen LogP contribution in [0.5, 0.6) is 0 Å². The van der Waals surface area contributed by atoms with Gasteiger partial charge in [-0.05, 0) is 26.0 Å². The molecule has 7 nitrogen and oxygen atoms in total. The van der Waals surface area contributed by atoms with Gasteiger partial charge in [0.1, 0.15) is 11.9 Å². The van der Waals surface area contributed by atoms with Crippen molar-refractivity contribution in [1.82, 2.24) is 15.0 Å². The predicted octanol–water partition coefficient (Wildman–Crippen LogP) is 1.46. The molecule has 2 aromatic rings. The third-order valence-electron chi connectivity index (χ3n) is 3.36. The zero-order valence-corrected chi connectivity index (χ0v) is 11.9. The minimum absolute atomic E-state index is 0.138. The molecule has 0 aliphatic carbocycles. The van der Waals surface area contributed by atoms with E-state index >= 15 is 0 Å². The molecule has 0 fully saturated rings. The molecule has 0 unspecified atom stereocenters. The molecular formula is C15H11N3O4. The maximum atomic E-state index is 12.2. The molecule has 1 aliphatic rings. The van der Waals surface area contributed by atoms with Crippen LogP contribution in [0.25, 0.3) is 0 Å².